The van der Waals surface area contributed by atoms with Gasteiger partial charge in [0.1, 0.15) is 0 Å². The lowest BCUT2D eigenvalue weighted by molar-refractivity contribution is -0.121. The number of nitrogens with one attached hydrogen (secondary N) is 1. The van der Waals surface area contributed by atoms with Crippen LogP contribution in [0.25, 0.3) is 0 Å². The standard InChI is InChI=1S/C12H23NO2S/c1-2-16-11-7-6-10(9-11)13-12(15)5-3-4-8-14/h10-11,14H,2-9H2,1H3,(H,13,15). The number of aliphatic hydroxyl groups is 1. The van der Waals surface area contributed by atoms with Crippen molar-refractivity contribution in [3.63, 3.8) is 0 Å². The quantitative estimate of drug-likeness (QED) is 0.674. The van der Waals surface area contributed by atoms with Crippen LogP contribution < -0.4 is 5.32 Å². The first-order chi connectivity index (χ1) is 7.76. The van der Waals surface area contributed by atoms with Crippen LogP contribution in [-0.4, -0.2) is 34.7 Å². The molecule has 0 aromatic heterocycles. The molecule has 0 aromatic rings. The summed E-state index contributed by atoms with van der Waals surface area (Å²) in [4.78, 5) is 11.5. The van der Waals surface area contributed by atoms with Crippen molar-refractivity contribution < 1.29 is 9.90 Å². The van der Waals surface area contributed by atoms with Gasteiger partial charge in [0.25, 0.3) is 0 Å². The summed E-state index contributed by atoms with van der Waals surface area (Å²) in [5, 5.41) is 12.5. The first-order valence-corrected chi connectivity index (χ1v) is 7.33. The molecule has 2 unspecified atom stereocenters. The number of thioether (sulfide) groups is 1. The number of unbranched alkanes of at least 4 members (excludes halogenated alkanes) is 1. The number of rotatable bonds is 7. The van der Waals surface area contributed by atoms with Gasteiger partial charge >= 0.3 is 0 Å². The van der Waals surface area contributed by atoms with Gasteiger partial charge in [-0.05, 0) is 37.9 Å². The molecule has 3 nitrogen and oxygen atoms in total. The van der Waals surface area contributed by atoms with Crippen molar-refractivity contribution in [1.29, 1.82) is 0 Å². The highest BCUT2D eigenvalue weighted by atomic mass is 32.2. The second-order valence-electron chi connectivity index (χ2n) is 4.34. The minimum atomic E-state index is 0.153. The van der Waals surface area contributed by atoms with E-state index < -0.39 is 0 Å². The average Bonchev–Trinajstić information content (AvgIpc) is 2.66. The van der Waals surface area contributed by atoms with Gasteiger partial charge in [-0.3, -0.25) is 4.79 Å². The lowest BCUT2D eigenvalue weighted by Crippen LogP contribution is -2.32. The van der Waals surface area contributed by atoms with Crippen molar-refractivity contribution >= 4 is 17.7 Å². The van der Waals surface area contributed by atoms with Crippen LogP contribution in [0.1, 0.15) is 45.4 Å². The Balaban J connectivity index is 2.11. The molecule has 1 amide bonds. The normalized spacial score (nSPS) is 24.6. The molecule has 0 radical (unpaired) electrons. The summed E-state index contributed by atoms with van der Waals surface area (Å²) in [6, 6.07) is 0.394. The number of amides is 1. The van der Waals surface area contributed by atoms with Crippen molar-refractivity contribution in [2.45, 2.75) is 56.7 Å². The molecule has 2 atom stereocenters. The molecule has 0 saturated heterocycles. The summed E-state index contributed by atoms with van der Waals surface area (Å²) in [5.74, 6) is 1.32. The van der Waals surface area contributed by atoms with Gasteiger partial charge in [0.15, 0.2) is 0 Å². The third-order valence-electron chi connectivity index (χ3n) is 2.96. The van der Waals surface area contributed by atoms with Crippen LogP contribution in [0.3, 0.4) is 0 Å². The molecule has 1 fully saturated rings. The van der Waals surface area contributed by atoms with Crippen LogP contribution >= 0.6 is 11.8 Å². The van der Waals surface area contributed by atoms with Crippen LogP contribution in [0.4, 0.5) is 0 Å². The Bertz CT molecular complexity index is 211. The summed E-state index contributed by atoms with van der Waals surface area (Å²) < 4.78 is 0. The minimum Gasteiger partial charge on any atom is -0.396 e. The Labute approximate surface area is 102 Å². The lowest BCUT2D eigenvalue weighted by atomic mass is 10.2. The van der Waals surface area contributed by atoms with E-state index in [0.29, 0.717) is 12.5 Å². The maximum absolute atomic E-state index is 11.5. The summed E-state index contributed by atoms with van der Waals surface area (Å²) in [7, 11) is 0. The van der Waals surface area contributed by atoms with Gasteiger partial charge in [0.2, 0.25) is 5.91 Å². The van der Waals surface area contributed by atoms with E-state index in [-0.39, 0.29) is 12.5 Å². The molecule has 0 aliphatic heterocycles. The van der Waals surface area contributed by atoms with Crippen molar-refractivity contribution in [2.75, 3.05) is 12.4 Å². The van der Waals surface area contributed by atoms with Crippen LogP contribution in [0.5, 0.6) is 0 Å². The van der Waals surface area contributed by atoms with Gasteiger partial charge in [0.05, 0.1) is 0 Å². The maximum Gasteiger partial charge on any atom is 0.220 e. The summed E-state index contributed by atoms with van der Waals surface area (Å²) in [6.45, 7) is 2.37. The molecule has 1 rings (SSSR count). The maximum atomic E-state index is 11.5. The zero-order valence-electron chi connectivity index (χ0n) is 10.1. The third kappa shape index (κ3) is 5.21. The van der Waals surface area contributed by atoms with Crippen molar-refractivity contribution in [3.8, 4) is 0 Å². The first-order valence-electron chi connectivity index (χ1n) is 6.28. The SMILES string of the molecule is CCSC1CCC(NC(=O)CCCCO)C1. The van der Waals surface area contributed by atoms with E-state index in [1.807, 2.05) is 11.8 Å². The summed E-state index contributed by atoms with van der Waals surface area (Å²) >= 11 is 2.01. The molecule has 1 saturated carbocycles. The van der Waals surface area contributed by atoms with Crippen LogP contribution in [0.15, 0.2) is 0 Å². The lowest BCUT2D eigenvalue weighted by Gasteiger charge is -2.12. The van der Waals surface area contributed by atoms with Gasteiger partial charge in [-0.15, -0.1) is 0 Å². The average molecular weight is 245 g/mol. The van der Waals surface area contributed by atoms with Gasteiger partial charge in [0, 0.05) is 24.3 Å². The zero-order chi connectivity index (χ0) is 11.8. The van der Waals surface area contributed by atoms with E-state index in [0.717, 1.165) is 30.9 Å². The summed E-state index contributed by atoms with van der Waals surface area (Å²) in [6.07, 6.45) is 5.57. The molecule has 94 valence electrons. The molecule has 0 aromatic carbocycles. The molecule has 16 heavy (non-hydrogen) atoms. The zero-order valence-corrected chi connectivity index (χ0v) is 10.9. The van der Waals surface area contributed by atoms with E-state index >= 15 is 0 Å². The molecule has 0 heterocycles. The van der Waals surface area contributed by atoms with Gasteiger partial charge in [-0.1, -0.05) is 6.92 Å². The van der Waals surface area contributed by atoms with Gasteiger partial charge in [-0.25, -0.2) is 0 Å². The second kappa shape index (κ2) is 7.96. The predicted molar refractivity (Wildman–Crippen MR) is 68.6 cm³/mol. The van der Waals surface area contributed by atoms with Crippen molar-refractivity contribution in [3.05, 3.63) is 0 Å². The first kappa shape index (κ1) is 13.8. The Hall–Kier alpha value is -0.220. The largest absolute Gasteiger partial charge is 0.396 e. The van der Waals surface area contributed by atoms with Crippen LogP contribution in [0.2, 0.25) is 0 Å². The molecule has 2 N–H and O–H groups in total. The van der Waals surface area contributed by atoms with E-state index in [4.69, 9.17) is 5.11 Å². The number of hydrogen-bond donors (Lipinski definition) is 2. The number of carbonyl (C=O) groups excluding carboxylic acids is 1. The second-order valence-corrected chi connectivity index (χ2v) is 5.91. The van der Waals surface area contributed by atoms with E-state index in [1.54, 1.807) is 0 Å². The molecule has 0 bridgehead atoms. The minimum absolute atomic E-state index is 0.153. The predicted octanol–water partition coefficient (Wildman–Crippen LogP) is 1.94. The molecule has 1 aliphatic rings. The molecule has 0 spiro atoms. The fourth-order valence-corrected chi connectivity index (χ4v) is 3.30. The van der Waals surface area contributed by atoms with Crippen LogP contribution in [-0.2, 0) is 4.79 Å². The summed E-state index contributed by atoms with van der Waals surface area (Å²) in [5.41, 5.74) is 0. The molecular weight excluding hydrogens is 222 g/mol. The Morgan fingerprint density at radius 1 is 1.44 bits per heavy atom. The van der Waals surface area contributed by atoms with Gasteiger partial charge < -0.3 is 10.4 Å². The number of hydrogen-bond acceptors (Lipinski definition) is 3. The van der Waals surface area contributed by atoms with Crippen molar-refractivity contribution in [1.82, 2.24) is 5.32 Å². The highest BCUT2D eigenvalue weighted by molar-refractivity contribution is 7.99. The topological polar surface area (TPSA) is 49.3 Å². The number of aliphatic hydroxyl groups excluding tert-OH is 1. The fourth-order valence-electron chi connectivity index (χ4n) is 2.16. The third-order valence-corrected chi connectivity index (χ3v) is 4.20. The van der Waals surface area contributed by atoms with Crippen LogP contribution in [0, 0.1) is 0 Å². The molecule has 4 heteroatoms. The van der Waals surface area contributed by atoms with Gasteiger partial charge in [-0.2, -0.15) is 11.8 Å². The highest BCUT2D eigenvalue weighted by Gasteiger charge is 2.25. The van der Waals surface area contributed by atoms with E-state index in [1.165, 1.54) is 12.2 Å². The Morgan fingerprint density at radius 3 is 2.94 bits per heavy atom. The Kier molecular flexibility index (Phi) is 6.88. The molecular formula is C12H23NO2S. The molecule has 1 aliphatic carbocycles. The van der Waals surface area contributed by atoms with E-state index in [9.17, 15) is 4.79 Å². The monoisotopic (exact) mass is 245 g/mol. The number of carbonyl (C=O) groups is 1. The Morgan fingerprint density at radius 2 is 2.25 bits per heavy atom. The van der Waals surface area contributed by atoms with E-state index in [2.05, 4.69) is 12.2 Å². The smallest absolute Gasteiger partial charge is 0.220 e. The fraction of sp³-hybridized carbons (Fsp3) is 0.917. The van der Waals surface area contributed by atoms with Crippen molar-refractivity contribution in [2.24, 2.45) is 0 Å². The highest BCUT2D eigenvalue weighted by Crippen LogP contribution is 2.29.